The molecule has 0 saturated heterocycles. The summed E-state index contributed by atoms with van der Waals surface area (Å²) in [6, 6.07) is 5.01. The van der Waals surface area contributed by atoms with Crippen LogP contribution in [0.3, 0.4) is 0 Å². The Morgan fingerprint density at radius 2 is 2.27 bits per heavy atom. The van der Waals surface area contributed by atoms with Crippen molar-refractivity contribution in [3.8, 4) is 0 Å². The number of aromatic nitrogens is 1. The molecule has 4 heteroatoms. The molecule has 0 N–H and O–H groups in total. The Hall–Kier alpha value is -1.97. The van der Waals surface area contributed by atoms with Crippen LogP contribution < -0.4 is 0 Å². The highest BCUT2D eigenvalue weighted by Gasteiger charge is 2.14. The van der Waals surface area contributed by atoms with Crippen molar-refractivity contribution in [1.29, 1.82) is 0 Å². The number of carbonyl (C=O) groups is 2. The molecule has 0 atom stereocenters. The van der Waals surface area contributed by atoms with E-state index in [0.717, 1.165) is 0 Å². The zero-order valence-electron chi connectivity index (χ0n) is 8.19. The molecule has 0 aliphatic carbocycles. The van der Waals surface area contributed by atoms with E-state index in [-0.39, 0.29) is 23.7 Å². The van der Waals surface area contributed by atoms with Gasteiger partial charge in [0, 0.05) is 12.3 Å². The van der Waals surface area contributed by atoms with E-state index in [0.29, 0.717) is 11.1 Å². The maximum absolute atomic E-state index is 11.5. The van der Waals surface area contributed by atoms with Gasteiger partial charge in [0.1, 0.15) is 11.3 Å². The number of ketones is 2. The number of furan rings is 1. The quantitative estimate of drug-likeness (QED) is 0.565. The molecular weight excluding hydrogens is 194 g/mol. The minimum atomic E-state index is -0.305. The van der Waals surface area contributed by atoms with E-state index >= 15 is 0 Å². The highest BCUT2D eigenvalue weighted by molar-refractivity contribution is 6.07. The molecule has 2 aromatic rings. The monoisotopic (exact) mass is 203 g/mol. The van der Waals surface area contributed by atoms with Gasteiger partial charge in [0.2, 0.25) is 5.78 Å². The standard InChI is InChI=1S/C11H9NO3/c1-7(13)5-9(14)11-6-8-10(15-11)3-2-4-12-8/h2-4,6H,5H2,1H3. The Morgan fingerprint density at radius 3 is 2.93 bits per heavy atom. The summed E-state index contributed by atoms with van der Waals surface area (Å²) in [4.78, 5) is 26.3. The lowest BCUT2D eigenvalue weighted by atomic mass is 10.2. The summed E-state index contributed by atoms with van der Waals surface area (Å²) >= 11 is 0. The van der Waals surface area contributed by atoms with Gasteiger partial charge in [-0.3, -0.25) is 14.6 Å². The average Bonchev–Trinajstić information content (AvgIpc) is 2.59. The van der Waals surface area contributed by atoms with Gasteiger partial charge < -0.3 is 4.42 Å². The van der Waals surface area contributed by atoms with Crippen molar-refractivity contribution in [2.45, 2.75) is 13.3 Å². The molecule has 0 amide bonds. The van der Waals surface area contributed by atoms with Crippen molar-refractivity contribution in [3.05, 3.63) is 30.2 Å². The maximum Gasteiger partial charge on any atom is 0.205 e. The van der Waals surface area contributed by atoms with Crippen molar-refractivity contribution >= 4 is 22.7 Å². The molecule has 0 spiro atoms. The highest BCUT2D eigenvalue weighted by Crippen LogP contribution is 2.17. The van der Waals surface area contributed by atoms with Crippen LogP contribution in [0.1, 0.15) is 23.9 Å². The van der Waals surface area contributed by atoms with Gasteiger partial charge in [-0.15, -0.1) is 0 Å². The molecule has 0 aliphatic rings. The molecule has 4 nitrogen and oxygen atoms in total. The van der Waals surface area contributed by atoms with Crippen LogP contribution in [0.25, 0.3) is 11.1 Å². The van der Waals surface area contributed by atoms with Crippen molar-refractivity contribution in [1.82, 2.24) is 4.98 Å². The average molecular weight is 203 g/mol. The number of rotatable bonds is 3. The molecule has 0 unspecified atom stereocenters. The van der Waals surface area contributed by atoms with Crippen LogP contribution in [0.2, 0.25) is 0 Å². The molecule has 0 aromatic carbocycles. The topological polar surface area (TPSA) is 60.2 Å². The van der Waals surface area contributed by atoms with Crippen molar-refractivity contribution in [3.63, 3.8) is 0 Å². The van der Waals surface area contributed by atoms with Gasteiger partial charge in [-0.05, 0) is 19.1 Å². The van der Waals surface area contributed by atoms with Crippen LogP contribution in [0.4, 0.5) is 0 Å². The van der Waals surface area contributed by atoms with Crippen LogP contribution >= 0.6 is 0 Å². The summed E-state index contributed by atoms with van der Waals surface area (Å²) in [6.45, 7) is 1.37. The second-order valence-corrected chi connectivity index (χ2v) is 3.30. The summed E-state index contributed by atoms with van der Waals surface area (Å²) in [5, 5.41) is 0. The minimum absolute atomic E-state index is 0.125. The Kier molecular flexibility index (Phi) is 2.33. The first-order valence-corrected chi connectivity index (χ1v) is 4.54. The molecule has 2 heterocycles. The van der Waals surface area contributed by atoms with Gasteiger partial charge in [0.15, 0.2) is 11.3 Å². The third-order valence-electron chi connectivity index (χ3n) is 1.97. The van der Waals surface area contributed by atoms with Gasteiger partial charge in [0.05, 0.1) is 6.42 Å². The van der Waals surface area contributed by atoms with E-state index in [1.807, 2.05) is 0 Å². The van der Waals surface area contributed by atoms with E-state index in [1.165, 1.54) is 6.92 Å². The van der Waals surface area contributed by atoms with Crippen molar-refractivity contribution in [2.24, 2.45) is 0 Å². The number of carbonyl (C=O) groups excluding carboxylic acids is 2. The lowest BCUT2D eigenvalue weighted by Gasteiger charge is -1.90. The Bertz CT molecular complexity index is 494. The summed E-state index contributed by atoms with van der Waals surface area (Å²) in [5.74, 6) is -0.284. The predicted octanol–water partition coefficient (Wildman–Crippen LogP) is 1.99. The van der Waals surface area contributed by atoms with E-state index in [4.69, 9.17) is 4.42 Å². The normalized spacial score (nSPS) is 10.5. The molecule has 15 heavy (non-hydrogen) atoms. The summed E-state index contributed by atoms with van der Waals surface area (Å²) in [7, 11) is 0. The van der Waals surface area contributed by atoms with E-state index in [2.05, 4.69) is 4.98 Å². The fraction of sp³-hybridized carbons (Fsp3) is 0.182. The molecule has 2 rings (SSSR count). The SMILES string of the molecule is CC(=O)CC(=O)c1cc2ncccc2o1. The van der Waals surface area contributed by atoms with Gasteiger partial charge in [-0.2, -0.15) is 0 Å². The number of fused-ring (bicyclic) bond motifs is 1. The number of nitrogens with zero attached hydrogens (tertiary/aromatic N) is 1. The molecule has 0 radical (unpaired) electrons. The fourth-order valence-corrected chi connectivity index (χ4v) is 1.32. The predicted molar refractivity (Wildman–Crippen MR) is 53.6 cm³/mol. The Morgan fingerprint density at radius 1 is 1.47 bits per heavy atom. The highest BCUT2D eigenvalue weighted by atomic mass is 16.3. The van der Waals surface area contributed by atoms with Gasteiger partial charge in [0.25, 0.3) is 0 Å². The van der Waals surface area contributed by atoms with Gasteiger partial charge >= 0.3 is 0 Å². The second-order valence-electron chi connectivity index (χ2n) is 3.30. The lowest BCUT2D eigenvalue weighted by Crippen LogP contribution is -2.03. The van der Waals surface area contributed by atoms with E-state index in [9.17, 15) is 9.59 Å². The molecule has 0 fully saturated rings. The summed E-state index contributed by atoms with van der Waals surface area (Å²) in [6.07, 6.45) is 1.50. The first-order valence-electron chi connectivity index (χ1n) is 4.54. The van der Waals surface area contributed by atoms with E-state index in [1.54, 1.807) is 24.4 Å². The Labute approximate surface area is 85.9 Å². The fourth-order valence-electron chi connectivity index (χ4n) is 1.32. The second kappa shape index (κ2) is 3.65. The first-order chi connectivity index (χ1) is 7.16. The zero-order chi connectivity index (χ0) is 10.8. The van der Waals surface area contributed by atoms with E-state index < -0.39 is 0 Å². The molecule has 0 saturated carbocycles. The number of pyridine rings is 1. The number of hydrogen-bond acceptors (Lipinski definition) is 4. The van der Waals surface area contributed by atoms with Crippen molar-refractivity contribution < 1.29 is 14.0 Å². The van der Waals surface area contributed by atoms with Gasteiger partial charge in [-0.25, -0.2) is 0 Å². The molecule has 0 bridgehead atoms. The van der Waals surface area contributed by atoms with Gasteiger partial charge in [-0.1, -0.05) is 0 Å². The summed E-state index contributed by atoms with van der Waals surface area (Å²) < 4.78 is 5.27. The summed E-state index contributed by atoms with van der Waals surface area (Å²) in [5.41, 5.74) is 1.19. The van der Waals surface area contributed by atoms with Crippen LogP contribution in [-0.2, 0) is 4.79 Å². The zero-order valence-corrected chi connectivity index (χ0v) is 8.19. The first kappa shape index (κ1) is 9.58. The largest absolute Gasteiger partial charge is 0.451 e. The van der Waals surface area contributed by atoms with Crippen LogP contribution in [-0.4, -0.2) is 16.6 Å². The maximum atomic E-state index is 11.5. The van der Waals surface area contributed by atoms with Crippen LogP contribution in [0.15, 0.2) is 28.8 Å². The van der Waals surface area contributed by atoms with Crippen LogP contribution in [0.5, 0.6) is 0 Å². The Balaban J connectivity index is 2.36. The molecule has 2 aromatic heterocycles. The van der Waals surface area contributed by atoms with Crippen molar-refractivity contribution in [2.75, 3.05) is 0 Å². The molecule has 0 aliphatic heterocycles. The minimum Gasteiger partial charge on any atom is -0.451 e. The lowest BCUT2D eigenvalue weighted by molar-refractivity contribution is -0.116. The molecule has 76 valence electrons. The number of Topliss-reactive ketones (excluding diaryl/α,β-unsaturated/α-hetero) is 2. The smallest absolute Gasteiger partial charge is 0.205 e. The third kappa shape index (κ3) is 1.93. The number of hydrogen-bond donors (Lipinski definition) is 0. The van der Waals surface area contributed by atoms with Crippen LogP contribution in [0, 0.1) is 0 Å². The molecular formula is C11H9NO3. The third-order valence-corrected chi connectivity index (χ3v) is 1.97.